The predicted octanol–water partition coefficient (Wildman–Crippen LogP) is 3.72. The monoisotopic (exact) mass is 350 g/mol. The molecule has 4 heteroatoms. The first-order valence-corrected chi connectivity index (χ1v) is 9.66. The first kappa shape index (κ1) is 17.1. The van der Waals surface area contributed by atoms with Gasteiger partial charge in [0.05, 0.1) is 6.20 Å². The van der Waals surface area contributed by atoms with Gasteiger partial charge in [-0.25, -0.2) is 0 Å². The lowest BCUT2D eigenvalue weighted by molar-refractivity contribution is -0.135. The van der Waals surface area contributed by atoms with Crippen molar-refractivity contribution in [2.45, 2.75) is 38.2 Å². The van der Waals surface area contributed by atoms with Crippen molar-refractivity contribution in [1.82, 2.24) is 9.88 Å². The molecule has 0 radical (unpaired) electrons. The van der Waals surface area contributed by atoms with Crippen molar-refractivity contribution in [1.29, 1.82) is 0 Å². The molecule has 0 spiro atoms. The summed E-state index contributed by atoms with van der Waals surface area (Å²) >= 11 is 0. The SMILES string of the molecule is O=C(CC1CC1)N1CC[C@H](Oc2cccnc2)[C@@H](Cc2ccccc2)C1. The third kappa shape index (κ3) is 4.43. The van der Waals surface area contributed by atoms with Gasteiger partial charge in [0.25, 0.3) is 0 Å². The standard InChI is InChI=1S/C22H26N2O2/c25-22(14-18-8-9-18)24-12-10-21(26-20-7-4-11-23-15-20)19(16-24)13-17-5-2-1-3-6-17/h1-7,11,15,18-19,21H,8-10,12-14,16H2/t19-,21-/m0/s1. The first-order chi connectivity index (χ1) is 12.8. The van der Waals surface area contributed by atoms with Crippen LogP contribution in [0, 0.1) is 11.8 Å². The quantitative estimate of drug-likeness (QED) is 0.797. The second kappa shape index (κ2) is 7.90. The van der Waals surface area contributed by atoms with E-state index >= 15 is 0 Å². The highest BCUT2D eigenvalue weighted by molar-refractivity contribution is 5.76. The molecule has 1 saturated heterocycles. The van der Waals surface area contributed by atoms with Gasteiger partial charge in [-0.05, 0) is 42.9 Å². The van der Waals surface area contributed by atoms with Crippen LogP contribution in [0.1, 0.15) is 31.2 Å². The van der Waals surface area contributed by atoms with E-state index in [-0.39, 0.29) is 6.10 Å². The number of piperidine rings is 1. The highest BCUT2D eigenvalue weighted by atomic mass is 16.5. The molecule has 26 heavy (non-hydrogen) atoms. The Bertz CT molecular complexity index is 715. The lowest BCUT2D eigenvalue weighted by Crippen LogP contribution is -2.48. The van der Waals surface area contributed by atoms with E-state index in [2.05, 4.69) is 34.1 Å². The van der Waals surface area contributed by atoms with Crippen LogP contribution in [0.4, 0.5) is 0 Å². The Labute approximate surface area is 155 Å². The van der Waals surface area contributed by atoms with Crippen molar-refractivity contribution >= 4 is 5.91 Å². The van der Waals surface area contributed by atoms with Crippen LogP contribution in [-0.4, -0.2) is 35.0 Å². The van der Waals surface area contributed by atoms with Crippen LogP contribution < -0.4 is 4.74 Å². The summed E-state index contributed by atoms with van der Waals surface area (Å²) in [6, 6.07) is 14.4. The van der Waals surface area contributed by atoms with E-state index in [1.165, 1.54) is 18.4 Å². The number of ether oxygens (including phenoxy) is 1. The van der Waals surface area contributed by atoms with Crippen LogP contribution in [0.2, 0.25) is 0 Å². The average molecular weight is 350 g/mol. The topological polar surface area (TPSA) is 42.4 Å². The van der Waals surface area contributed by atoms with Crippen molar-refractivity contribution in [2.24, 2.45) is 11.8 Å². The summed E-state index contributed by atoms with van der Waals surface area (Å²) in [5, 5.41) is 0. The Hall–Kier alpha value is -2.36. The molecule has 4 rings (SSSR count). The highest BCUT2D eigenvalue weighted by Crippen LogP contribution is 2.34. The average Bonchev–Trinajstić information content (AvgIpc) is 3.49. The number of pyridine rings is 1. The minimum Gasteiger partial charge on any atom is -0.488 e. The number of aromatic nitrogens is 1. The molecular weight excluding hydrogens is 324 g/mol. The van der Waals surface area contributed by atoms with E-state index in [0.717, 1.165) is 38.1 Å². The van der Waals surface area contributed by atoms with Crippen molar-refractivity contribution in [3.63, 3.8) is 0 Å². The van der Waals surface area contributed by atoms with Gasteiger partial charge in [-0.2, -0.15) is 0 Å². The number of benzene rings is 1. The molecule has 1 saturated carbocycles. The summed E-state index contributed by atoms with van der Waals surface area (Å²) in [5.41, 5.74) is 1.30. The minimum absolute atomic E-state index is 0.115. The van der Waals surface area contributed by atoms with Crippen LogP contribution in [0.25, 0.3) is 0 Å². The van der Waals surface area contributed by atoms with Gasteiger partial charge in [-0.1, -0.05) is 30.3 Å². The number of hydrogen-bond acceptors (Lipinski definition) is 3. The molecule has 1 aliphatic carbocycles. The van der Waals surface area contributed by atoms with Crippen molar-refractivity contribution in [3.8, 4) is 5.75 Å². The molecule has 2 aliphatic rings. The van der Waals surface area contributed by atoms with E-state index in [1.807, 2.05) is 18.2 Å². The third-order valence-electron chi connectivity index (χ3n) is 5.44. The fourth-order valence-electron chi connectivity index (χ4n) is 3.79. The zero-order valence-electron chi connectivity index (χ0n) is 15.1. The summed E-state index contributed by atoms with van der Waals surface area (Å²) in [6.45, 7) is 1.58. The Morgan fingerprint density at radius 2 is 1.96 bits per heavy atom. The van der Waals surface area contributed by atoms with Crippen LogP contribution in [0.5, 0.6) is 5.75 Å². The predicted molar refractivity (Wildman–Crippen MR) is 101 cm³/mol. The number of carbonyl (C=O) groups excluding carboxylic acids is 1. The molecule has 1 amide bonds. The van der Waals surface area contributed by atoms with Gasteiger partial charge >= 0.3 is 0 Å². The van der Waals surface area contributed by atoms with Crippen LogP contribution >= 0.6 is 0 Å². The molecule has 2 atom stereocenters. The molecule has 1 aromatic carbocycles. The molecule has 2 aromatic rings. The molecule has 4 nitrogen and oxygen atoms in total. The second-order valence-corrected chi connectivity index (χ2v) is 7.57. The zero-order valence-corrected chi connectivity index (χ0v) is 15.1. The Morgan fingerprint density at radius 3 is 2.69 bits per heavy atom. The summed E-state index contributed by atoms with van der Waals surface area (Å²) in [5.74, 6) is 2.08. The largest absolute Gasteiger partial charge is 0.488 e. The van der Waals surface area contributed by atoms with Gasteiger partial charge in [0.15, 0.2) is 0 Å². The summed E-state index contributed by atoms with van der Waals surface area (Å²) in [4.78, 5) is 18.8. The number of nitrogens with zero attached hydrogens (tertiary/aromatic N) is 2. The molecule has 1 aliphatic heterocycles. The van der Waals surface area contributed by atoms with E-state index in [9.17, 15) is 4.79 Å². The van der Waals surface area contributed by atoms with Gasteiger partial charge < -0.3 is 9.64 Å². The maximum absolute atomic E-state index is 12.6. The molecule has 0 N–H and O–H groups in total. The Kier molecular flexibility index (Phi) is 5.19. The minimum atomic E-state index is 0.115. The maximum Gasteiger partial charge on any atom is 0.222 e. The number of rotatable bonds is 6. The van der Waals surface area contributed by atoms with E-state index in [0.29, 0.717) is 17.7 Å². The van der Waals surface area contributed by atoms with Crippen LogP contribution in [0.15, 0.2) is 54.9 Å². The lowest BCUT2D eigenvalue weighted by Gasteiger charge is -2.38. The van der Waals surface area contributed by atoms with Crippen LogP contribution in [-0.2, 0) is 11.2 Å². The summed E-state index contributed by atoms with van der Waals surface area (Å²) in [6.07, 6.45) is 8.62. The van der Waals surface area contributed by atoms with Gasteiger partial charge in [-0.3, -0.25) is 9.78 Å². The zero-order chi connectivity index (χ0) is 17.8. The Balaban J connectivity index is 1.46. The van der Waals surface area contributed by atoms with Crippen molar-refractivity contribution in [3.05, 3.63) is 60.4 Å². The molecule has 136 valence electrons. The molecule has 0 bridgehead atoms. The number of carbonyl (C=O) groups is 1. The first-order valence-electron chi connectivity index (χ1n) is 9.66. The smallest absolute Gasteiger partial charge is 0.222 e. The Morgan fingerprint density at radius 1 is 1.12 bits per heavy atom. The van der Waals surface area contributed by atoms with Gasteiger partial charge in [0.1, 0.15) is 11.9 Å². The number of hydrogen-bond donors (Lipinski definition) is 0. The maximum atomic E-state index is 12.6. The molecule has 1 aromatic heterocycles. The van der Waals surface area contributed by atoms with Gasteiger partial charge in [0.2, 0.25) is 5.91 Å². The lowest BCUT2D eigenvalue weighted by atomic mass is 9.88. The molecule has 2 fully saturated rings. The summed E-state index contributed by atoms with van der Waals surface area (Å²) < 4.78 is 6.26. The second-order valence-electron chi connectivity index (χ2n) is 7.57. The van der Waals surface area contributed by atoms with Crippen LogP contribution in [0.3, 0.4) is 0 Å². The number of amides is 1. The molecule has 2 heterocycles. The van der Waals surface area contributed by atoms with Gasteiger partial charge in [0, 0.05) is 38.0 Å². The normalized spacial score (nSPS) is 22.8. The fraction of sp³-hybridized carbons (Fsp3) is 0.455. The van der Waals surface area contributed by atoms with Crippen molar-refractivity contribution < 1.29 is 9.53 Å². The number of likely N-dealkylation sites (tertiary alicyclic amines) is 1. The summed E-state index contributed by atoms with van der Waals surface area (Å²) in [7, 11) is 0. The highest BCUT2D eigenvalue weighted by Gasteiger charge is 2.35. The van der Waals surface area contributed by atoms with Gasteiger partial charge in [-0.15, -0.1) is 0 Å². The molecule has 0 unspecified atom stereocenters. The van der Waals surface area contributed by atoms with E-state index in [1.54, 1.807) is 12.4 Å². The fourth-order valence-corrected chi connectivity index (χ4v) is 3.79. The van der Waals surface area contributed by atoms with Crippen molar-refractivity contribution in [2.75, 3.05) is 13.1 Å². The van der Waals surface area contributed by atoms with E-state index < -0.39 is 0 Å². The third-order valence-corrected chi connectivity index (χ3v) is 5.44. The van der Waals surface area contributed by atoms with E-state index in [4.69, 9.17) is 4.74 Å². The molecular formula is C22H26N2O2.